The first-order valence-corrected chi connectivity index (χ1v) is 8.41. The van der Waals surface area contributed by atoms with Crippen molar-refractivity contribution in [2.24, 2.45) is 11.7 Å². The highest BCUT2D eigenvalue weighted by Crippen LogP contribution is 2.44. The van der Waals surface area contributed by atoms with E-state index in [1.54, 1.807) is 0 Å². The van der Waals surface area contributed by atoms with Gasteiger partial charge in [-0.15, -0.1) is 0 Å². The molecule has 3 nitrogen and oxygen atoms in total. The predicted octanol–water partition coefficient (Wildman–Crippen LogP) is 4.39. The van der Waals surface area contributed by atoms with Gasteiger partial charge in [-0.2, -0.15) is 0 Å². The van der Waals surface area contributed by atoms with Crippen molar-refractivity contribution in [1.29, 1.82) is 0 Å². The number of rotatable bonds is 2. The fraction of sp³-hybridized carbons (Fsp3) is 0.588. The van der Waals surface area contributed by atoms with E-state index in [9.17, 15) is 0 Å². The molecule has 2 atom stereocenters. The average Bonchev–Trinajstić information content (AvgIpc) is 3.19. The Bertz CT molecular complexity index is 689. The minimum Gasteiger partial charge on any atom is -0.323 e. The van der Waals surface area contributed by atoms with Gasteiger partial charge in [-0.05, 0) is 49.8 Å². The molecule has 0 aliphatic heterocycles. The number of imidazole rings is 1. The van der Waals surface area contributed by atoms with Crippen LogP contribution in [0, 0.1) is 5.92 Å². The molecule has 1 aromatic heterocycles. The highest BCUT2D eigenvalue weighted by atomic mass is 35.5. The van der Waals surface area contributed by atoms with Gasteiger partial charge >= 0.3 is 0 Å². The van der Waals surface area contributed by atoms with Gasteiger partial charge in [0.25, 0.3) is 0 Å². The fourth-order valence-electron chi connectivity index (χ4n) is 3.91. The van der Waals surface area contributed by atoms with Gasteiger partial charge < -0.3 is 10.3 Å². The zero-order valence-corrected chi connectivity index (χ0v) is 13.2. The van der Waals surface area contributed by atoms with Crippen LogP contribution in [0.15, 0.2) is 18.2 Å². The van der Waals surface area contributed by atoms with E-state index in [0.29, 0.717) is 12.0 Å². The number of nitrogens with two attached hydrogens (primary N) is 1. The van der Waals surface area contributed by atoms with Crippen LogP contribution in [0.5, 0.6) is 0 Å². The second kappa shape index (κ2) is 4.72. The number of hydrogen-bond acceptors (Lipinski definition) is 2. The fourth-order valence-corrected chi connectivity index (χ4v) is 4.08. The van der Waals surface area contributed by atoms with Gasteiger partial charge in [0.05, 0.1) is 16.6 Å². The number of benzene rings is 1. The maximum atomic E-state index is 6.82. The molecule has 112 valence electrons. The van der Waals surface area contributed by atoms with Gasteiger partial charge in [0.15, 0.2) is 0 Å². The molecule has 2 saturated carbocycles. The summed E-state index contributed by atoms with van der Waals surface area (Å²) in [6.45, 7) is 2.31. The van der Waals surface area contributed by atoms with E-state index in [1.807, 2.05) is 18.2 Å². The third-order valence-electron chi connectivity index (χ3n) is 5.04. The van der Waals surface area contributed by atoms with Crippen LogP contribution in [0.25, 0.3) is 11.0 Å². The molecule has 0 saturated heterocycles. The van der Waals surface area contributed by atoms with E-state index in [2.05, 4.69) is 11.5 Å². The maximum Gasteiger partial charge on any atom is 0.130 e. The first-order chi connectivity index (χ1) is 10.1. The van der Waals surface area contributed by atoms with Crippen molar-refractivity contribution in [3.8, 4) is 0 Å². The van der Waals surface area contributed by atoms with Gasteiger partial charge in [-0.3, -0.25) is 0 Å². The predicted molar refractivity (Wildman–Crippen MR) is 86.5 cm³/mol. The molecule has 21 heavy (non-hydrogen) atoms. The smallest absolute Gasteiger partial charge is 0.130 e. The van der Waals surface area contributed by atoms with Gasteiger partial charge in [0.1, 0.15) is 5.82 Å². The molecule has 2 N–H and O–H groups in total. The lowest BCUT2D eigenvalue weighted by molar-refractivity contribution is 0.223. The van der Waals surface area contributed by atoms with Crippen LogP contribution in [0.3, 0.4) is 0 Å². The largest absolute Gasteiger partial charge is 0.323 e. The Morgan fingerprint density at radius 3 is 2.86 bits per heavy atom. The molecular weight excluding hydrogens is 282 g/mol. The second-order valence-corrected chi connectivity index (χ2v) is 7.46. The molecule has 2 unspecified atom stereocenters. The Kier molecular flexibility index (Phi) is 3.05. The molecule has 1 aromatic carbocycles. The van der Waals surface area contributed by atoms with Crippen LogP contribution >= 0.6 is 11.6 Å². The summed E-state index contributed by atoms with van der Waals surface area (Å²) >= 11 is 6.20. The number of hydrogen-bond donors (Lipinski definition) is 1. The molecule has 2 aliphatic rings. The highest BCUT2D eigenvalue weighted by Gasteiger charge is 2.40. The summed E-state index contributed by atoms with van der Waals surface area (Å²) in [4.78, 5) is 4.92. The summed E-state index contributed by atoms with van der Waals surface area (Å²) in [7, 11) is 0. The van der Waals surface area contributed by atoms with Crippen LogP contribution in [-0.2, 0) is 5.54 Å². The molecule has 0 amide bonds. The van der Waals surface area contributed by atoms with E-state index < -0.39 is 0 Å². The average molecular weight is 304 g/mol. The van der Waals surface area contributed by atoms with Crippen molar-refractivity contribution in [2.75, 3.05) is 0 Å². The van der Waals surface area contributed by atoms with Gasteiger partial charge in [0, 0.05) is 11.1 Å². The van der Waals surface area contributed by atoms with E-state index in [-0.39, 0.29) is 5.54 Å². The van der Waals surface area contributed by atoms with Crippen LogP contribution in [0.2, 0.25) is 5.02 Å². The summed E-state index contributed by atoms with van der Waals surface area (Å²) in [5, 5.41) is 0.777. The Morgan fingerprint density at radius 1 is 1.33 bits per heavy atom. The summed E-state index contributed by atoms with van der Waals surface area (Å²) in [6.07, 6.45) is 7.03. The minimum atomic E-state index is -0.272. The highest BCUT2D eigenvalue weighted by molar-refractivity contribution is 6.31. The van der Waals surface area contributed by atoms with Crippen molar-refractivity contribution in [1.82, 2.24) is 9.55 Å². The van der Waals surface area contributed by atoms with Crippen molar-refractivity contribution in [3.05, 3.63) is 29.0 Å². The van der Waals surface area contributed by atoms with Crippen LogP contribution in [0.1, 0.15) is 57.3 Å². The lowest BCUT2D eigenvalue weighted by Crippen LogP contribution is -2.43. The molecule has 2 aliphatic carbocycles. The zero-order chi connectivity index (χ0) is 14.6. The Labute approximate surface area is 130 Å². The number of aromatic nitrogens is 2. The maximum absolute atomic E-state index is 6.82. The first-order valence-electron chi connectivity index (χ1n) is 8.04. The molecule has 1 heterocycles. The molecule has 4 rings (SSSR count). The normalized spacial score (nSPS) is 30.0. The number of halogens is 1. The summed E-state index contributed by atoms with van der Waals surface area (Å²) < 4.78 is 2.39. The topological polar surface area (TPSA) is 43.8 Å². The van der Waals surface area contributed by atoms with Crippen molar-refractivity contribution in [3.63, 3.8) is 0 Å². The quantitative estimate of drug-likeness (QED) is 0.894. The standard InChI is InChI=1S/C17H22ClN3/c1-11-3-2-8-17(19,10-11)16-20-14-7-4-12(18)9-15(14)21(16)13-5-6-13/h4,7,9,11,13H,2-3,5-6,8,10,19H2,1H3. The van der Waals surface area contributed by atoms with Crippen LogP contribution in [0.4, 0.5) is 0 Å². The summed E-state index contributed by atoms with van der Waals surface area (Å²) in [6, 6.07) is 6.56. The second-order valence-electron chi connectivity index (χ2n) is 7.03. The van der Waals surface area contributed by atoms with Crippen molar-refractivity contribution < 1.29 is 0 Å². The number of fused-ring (bicyclic) bond motifs is 1. The molecule has 0 radical (unpaired) electrons. The van der Waals surface area contributed by atoms with Crippen LogP contribution in [-0.4, -0.2) is 9.55 Å². The van der Waals surface area contributed by atoms with Gasteiger partial charge in [-0.1, -0.05) is 31.4 Å². The molecule has 0 bridgehead atoms. The third kappa shape index (κ3) is 2.27. The summed E-state index contributed by atoms with van der Waals surface area (Å²) in [5.74, 6) is 1.77. The number of nitrogens with zero attached hydrogens (tertiary/aromatic N) is 2. The van der Waals surface area contributed by atoms with E-state index in [0.717, 1.165) is 34.7 Å². The minimum absolute atomic E-state index is 0.272. The van der Waals surface area contributed by atoms with E-state index >= 15 is 0 Å². The van der Waals surface area contributed by atoms with Crippen molar-refractivity contribution in [2.45, 2.75) is 57.0 Å². The Hall–Kier alpha value is -1.06. The SMILES string of the molecule is CC1CCCC(N)(c2nc3ccc(Cl)cc3n2C2CC2)C1. The Balaban J connectivity index is 1.89. The molecule has 4 heteroatoms. The lowest BCUT2D eigenvalue weighted by atomic mass is 9.76. The Morgan fingerprint density at radius 2 is 2.14 bits per heavy atom. The van der Waals surface area contributed by atoms with E-state index in [4.69, 9.17) is 22.3 Å². The first kappa shape index (κ1) is 13.6. The van der Waals surface area contributed by atoms with Crippen LogP contribution < -0.4 is 5.73 Å². The lowest BCUT2D eigenvalue weighted by Gasteiger charge is -2.36. The molecular formula is C17H22ClN3. The van der Waals surface area contributed by atoms with Gasteiger partial charge in [-0.25, -0.2) is 4.98 Å². The van der Waals surface area contributed by atoms with Crippen molar-refractivity contribution >= 4 is 22.6 Å². The molecule has 2 fully saturated rings. The van der Waals surface area contributed by atoms with Gasteiger partial charge in [0.2, 0.25) is 0 Å². The monoisotopic (exact) mass is 303 g/mol. The zero-order valence-electron chi connectivity index (χ0n) is 12.5. The van der Waals surface area contributed by atoms with E-state index in [1.165, 1.54) is 25.7 Å². The molecule has 2 aromatic rings. The summed E-state index contributed by atoms with van der Waals surface area (Å²) in [5.41, 5.74) is 8.74. The molecule has 0 spiro atoms. The third-order valence-corrected chi connectivity index (χ3v) is 5.28.